The van der Waals surface area contributed by atoms with Crippen LogP contribution in [-0.2, 0) is 9.22 Å². The van der Waals surface area contributed by atoms with Gasteiger partial charge in [0, 0.05) is 18.1 Å². The van der Waals surface area contributed by atoms with E-state index in [0.717, 1.165) is 11.4 Å². The van der Waals surface area contributed by atoms with Crippen molar-refractivity contribution in [2.45, 2.75) is 70.3 Å². The summed E-state index contributed by atoms with van der Waals surface area (Å²) in [5.41, 5.74) is 1.96. The minimum atomic E-state index is -2.25. The van der Waals surface area contributed by atoms with Crippen molar-refractivity contribution < 1.29 is 14.0 Å². The minimum absolute atomic E-state index is 0.0311. The summed E-state index contributed by atoms with van der Waals surface area (Å²) in [7, 11) is -0.618. The fourth-order valence-corrected chi connectivity index (χ4v) is 10.4. The van der Waals surface area contributed by atoms with E-state index in [2.05, 4.69) is 51.5 Å². The number of carbonyl (C=O) groups excluding carboxylic acids is 1. The van der Waals surface area contributed by atoms with Gasteiger partial charge in [0.15, 0.2) is 11.9 Å². The summed E-state index contributed by atoms with van der Waals surface area (Å²) in [6.45, 7) is 13.4. The van der Waals surface area contributed by atoms with Crippen LogP contribution in [0, 0.1) is 0 Å². The van der Waals surface area contributed by atoms with Gasteiger partial charge in [0.2, 0.25) is 8.32 Å². The van der Waals surface area contributed by atoms with Crippen LogP contribution in [-0.4, -0.2) is 37.4 Å². The molecule has 0 N–H and O–H groups in total. The van der Waals surface area contributed by atoms with Crippen LogP contribution < -0.4 is 9.64 Å². The minimum Gasteiger partial charge on any atom is -0.497 e. The van der Waals surface area contributed by atoms with Gasteiger partial charge in [0.05, 0.1) is 7.11 Å². The second-order valence-electron chi connectivity index (χ2n) is 8.81. The second kappa shape index (κ2) is 8.86. The Morgan fingerprint density at radius 1 is 0.933 bits per heavy atom. The van der Waals surface area contributed by atoms with Gasteiger partial charge in [-0.3, -0.25) is 9.69 Å². The van der Waals surface area contributed by atoms with E-state index in [0.29, 0.717) is 22.4 Å². The molecule has 1 aromatic heterocycles. The Bertz CT molecular complexity index is 834. The van der Waals surface area contributed by atoms with Crippen LogP contribution in [0.25, 0.3) is 0 Å². The predicted octanol–water partition coefficient (Wildman–Crippen LogP) is 5.13. The highest BCUT2D eigenvalue weighted by molar-refractivity contribution is 6.77. The standard InChI is InChI=1S/C23H33N3O3Si/c1-15(2)30(16(3)4,17(5)6)29-21-20(22-24-13-8-14-25-22)26(23(21)27)18-9-11-19(28-7)12-10-18/h8-17,20-21H,1-7H3/t20-,21-/m0/s1. The average molecular weight is 428 g/mol. The lowest BCUT2D eigenvalue weighted by molar-refractivity contribution is -0.136. The number of hydrogen-bond acceptors (Lipinski definition) is 5. The molecule has 7 heteroatoms. The van der Waals surface area contributed by atoms with Gasteiger partial charge in [0.1, 0.15) is 11.8 Å². The fourth-order valence-electron chi connectivity index (χ4n) is 4.95. The summed E-state index contributed by atoms with van der Waals surface area (Å²) in [5, 5.41) is 0. The van der Waals surface area contributed by atoms with Crippen LogP contribution in [0.3, 0.4) is 0 Å². The molecule has 1 aliphatic rings. The molecule has 30 heavy (non-hydrogen) atoms. The second-order valence-corrected chi connectivity index (χ2v) is 14.2. The third-order valence-electron chi connectivity index (χ3n) is 6.28. The largest absolute Gasteiger partial charge is 0.497 e. The molecule has 0 bridgehead atoms. The first-order chi connectivity index (χ1) is 14.2. The van der Waals surface area contributed by atoms with E-state index in [1.807, 2.05) is 24.3 Å². The SMILES string of the molecule is COc1ccc(N2C(=O)[C@@H](O[Si](C(C)C)(C(C)C)C(C)C)[C@H]2c2ncccn2)cc1. The molecule has 0 aliphatic carbocycles. The van der Waals surface area contributed by atoms with Crippen LogP contribution in [0.4, 0.5) is 5.69 Å². The number of benzene rings is 1. The van der Waals surface area contributed by atoms with Crippen LogP contribution in [0.1, 0.15) is 53.4 Å². The van der Waals surface area contributed by atoms with Crippen molar-refractivity contribution in [2.75, 3.05) is 12.0 Å². The molecular formula is C23H33N3O3Si. The highest BCUT2D eigenvalue weighted by Gasteiger charge is 2.57. The van der Waals surface area contributed by atoms with Crippen LogP contribution in [0.5, 0.6) is 5.75 Å². The number of nitrogens with zero attached hydrogens (tertiary/aromatic N) is 3. The number of β-lactam (4-membered cyclic amide) rings is 1. The van der Waals surface area contributed by atoms with Crippen molar-refractivity contribution in [1.29, 1.82) is 0 Å². The van der Waals surface area contributed by atoms with Crippen molar-refractivity contribution in [1.82, 2.24) is 9.97 Å². The molecule has 0 radical (unpaired) electrons. The van der Waals surface area contributed by atoms with Crippen molar-refractivity contribution in [3.63, 3.8) is 0 Å². The Morgan fingerprint density at radius 2 is 1.47 bits per heavy atom. The molecule has 0 unspecified atom stereocenters. The quantitative estimate of drug-likeness (QED) is 0.431. The summed E-state index contributed by atoms with van der Waals surface area (Å²) >= 11 is 0. The molecule has 2 heterocycles. The lowest BCUT2D eigenvalue weighted by Gasteiger charge is -2.52. The normalized spacial score (nSPS) is 19.5. The highest BCUT2D eigenvalue weighted by Crippen LogP contribution is 2.48. The molecule has 3 rings (SSSR count). The van der Waals surface area contributed by atoms with Gasteiger partial charge >= 0.3 is 0 Å². The maximum absolute atomic E-state index is 13.4. The zero-order valence-electron chi connectivity index (χ0n) is 19.0. The van der Waals surface area contributed by atoms with Gasteiger partial charge in [-0.05, 0) is 47.0 Å². The predicted molar refractivity (Wildman–Crippen MR) is 121 cm³/mol. The fraction of sp³-hybridized carbons (Fsp3) is 0.522. The highest BCUT2D eigenvalue weighted by atomic mass is 28.4. The first-order valence-electron chi connectivity index (χ1n) is 10.7. The van der Waals surface area contributed by atoms with E-state index >= 15 is 0 Å². The van der Waals surface area contributed by atoms with Gasteiger partial charge in [-0.15, -0.1) is 0 Å². The smallest absolute Gasteiger partial charge is 0.258 e. The van der Waals surface area contributed by atoms with E-state index in [1.54, 1.807) is 30.5 Å². The van der Waals surface area contributed by atoms with Crippen LogP contribution in [0.2, 0.25) is 16.6 Å². The number of ether oxygens (including phenoxy) is 1. The van der Waals surface area contributed by atoms with E-state index in [9.17, 15) is 4.79 Å². The van der Waals surface area contributed by atoms with Crippen molar-refractivity contribution in [3.05, 3.63) is 48.5 Å². The maximum Gasteiger partial charge on any atom is 0.258 e. The number of rotatable bonds is 8. The first kappa shape index (κ1) is 22.4. The van der Waals surface area contributed by atoms with Crippen molar-refractivity contribution >= 4 is 19.9 Å². The average Bonchev–Trinajstić information content (AvgIpc) is 2.72. The molecule has 1 fully saturated rings. The Morgan fingerprint density at radius 3 is 1.93 bits per heavy atom. The molecule has 1 amide bonds. The topological polar surface area (TPSA) is 64.5 Å². The zero-order valence-corrected chi connectivity index (χ0v) is 20.0. The number of carbonyl (C=O) groups is 1. The van der Waals surface area contributed by atoms with Gasteiger partial charge in [0.25, 0.3) is 5.91 Å². The van der Waals surface area contributed by atoms with Crippen LogP contribution >= 0.6 is 0 Å². The molecular weight excluding hydrogens is 394 g/mol. The third-order valence-corrected chi connectivity index (χ3v) is 12.4. The summed E-state index contributed by atoms with van der Waals surface area (Å²) in [6.07, 6.45) is 2.87. The number of anilines is 1. The van der Waals surface area contributed by atoms with Gasteiger partial charge < -0.3 is 9.16 Å². The summed E-state index contributed by atoms with van der Waals surface area (Å²) in [6, 6.07) is 8.94. The molecule has 162 valence electrons. The Balaban J connectivity index is 2.00. The summed E-state index contributed by atoms with van der Waals surface area (Å²) in [4.78, 5) is 24.1. The van der Waals surface area contributed by atoms with Crippen molar-refractivity contribution in [3.8, 4) is 5.75 Å². The summed E-state index contributed by atoms with van der Waals surface area (Å²) in [5.74, 6) is 1.33. The molecule has 1 aliphatic heterocycles. The Kier molecular flexibility index (Phi) is 6.62. The number of methoxy groups -OCH3 is 1. The zero-order chi connectivity index (χ0) is 22.1. The number of hydrogen-bond donors (Lipinski definition) is 0. The summed E-state index contributed by atoms with van der Waals surface area (Å²) < 4.78 is 12.1. The van der Waals surface area contributed by atoms with Crippen LogP contribution in [0.15, 0.2) is 42.7 Å². The van der Waals surface area contributed by atoms with E-state index < -0.39 is 14.4 Å². The first-order valence-corrected chi connectivity index (χ1v) is 12.8. The Labute approximate surface area is 180 Å². The van der Waals surface area contributed by atoms with Gasteiger partial charge in [-0.1, -0.05) is 41.5 Å². The molecule has 6 nitrogen and oxygen atoms in total. The molecule has 1 aromatic carbocycles. The number of amides is 1. The van der Waals surface area contributed by atoms with Gasteiger partial charge in [-0.25, -0.2) is 9.97 Å². The van der Waals surface area contributed by atoms with Crippen molar-refractivity contribution in [2.24, 2.45) is 0 Å². The molecule has 2 aromatic rings. The lowest BCUT2D eigenvalue weighted by atomic mass is 9.96. The van der Waals surface area contributed by atoms with E-state index in [-0.39, 0.29) is 11.9 Å². The maximum atomic E-state index is 13.4. The molecule has 2 atom stereocenters. The van der Waals surface area contributed by atoms with E-state index in [1.165, 1.54) is 0 Å². The lowest BCUT2D eigenvalue weighted by Crippen LogP contribution is -2.65. The monoisotopic (exact) mass is 427 g/mol. The van der Waals surface area contributed by atoms with E-state index in [4.69, 9.17) is 9.16 Å². The Hall–Kier alpha value is -2.25. The number of aromatic nitrogens is 2. The van der Waals surface area contributed by atoms with Gasteiger partial charge in [-0.2, -0.15) is 0 Å². The molecule has 0 saturated carbocycles. The third kappa shape index (κ3) is 3.76. The molecule has 1 saturated heterocycles. The molecule has 0 spiro atoms.